The van der Waals surface area contributed by atoms with Crippen LogP contribution in [0.2, 0.25) is 0 Å². The van der Waals surface area contributed by atoms with E-state index in [9.17, 15) is 0 Å². The first kappa shape index (κ1) is 26.8. The van der Waals surface area contributed by atoms with Crippen molar-refractivity contribution in [3.63, 3.8) is 0 Å². The van der Waals surface area contributed by atoms with Crippen molar-refractivity contribution in [2.24, 2.45) is 5.92 Å². The molecule has 188 valence electrons. The van der Waals surface area contributed by atoms with Gasteiger partial charge in [0.05, 0.1) is 0 Å². The van der Waals surface area contributed by atoms with Crippen LogP contribution >= 0.6 is 0 Å². The van der Waals surface area contributed by atoms with Crippen molar-refractivity contribution in [2.45, 2.75) is 52.4 Å². The Morgan fingerprint density at radius 1 is 0.816 bits per heavy atom. The summed E-state index contributed by atoms with van der Waals surface area (Å²) in [6.45, 7) is 13.4. The number of benzene rings is 3. The number of hydrogen-bond donors (Lipinski definition) is 0. The quantitative estimate of drug-likeness (QED) is 0.200. The molecule has 0 radical (unpaired) electrons. The van der Waals surface area contributed by atoms with E-state index in [0.29, 0.717) is 5.92 Å². The standard InChI is InChI=1S/C23H21.C7H9.C7H6.Zr/c1-22(2)7-5-14-10-18-16(12-20(14)22)9-17-13-21-15(11-19(17)18)6-8-23(21,3)4;1-6-3-4-7(2)5-6;1-7-5-3-2-4-6-7;/h5-13H,1-4H3;3,5,7H,1-2H3;1-6H;/q2*-1;;+2. The summed E-state index contributed by atoms with van der Waals surface area (Å²) < 4.78 is 2.17. The molecule has 0 saturated carbocycles. The van der Waals surface area contributed by atoms with Crippen LogP contribution in [0.3, 0.4) is 0 Å². The summed E-state index contributed by atoms with van der Waals surface area (Å²) in [6, 6.07) is 22.3. The van der Waals surface area contributed by atoms with Crippen LogP contribution in [-0.4, -0.2) is 3.71 Å². The van der Waals surface area contributed by atoms with E-state index in [1.54, 1.807) is 0 Å². The summed E-state index contributed by atoms with van der Waals surface area (Å²) >= 11 is 1.46. The second-order valence-electron chi connectivity index (χ2n) is 11.9. The summed E-state index contributed by atoms with van der Waals surface area (Å²) in [5.74, 6) is 0.556. The van der Waals surface area contributed by atoms with Gasteiger partial charge in [-0.25, -0.2) is 11.6 Å². The third-order valence-corrected chi connectivity index (χ3v) is 8.66. The van der Waals surface area contributed by atoms with E-state index in [0.717, 1.165) is 0 Å². The second kappa shape index (κ2) is 10.4. The third kappa shape index (κ3) is 5.37. The number of hydrogen-bond acceptors (Lipinski definition) is 0. The molecular weight excluding hydrogens is 536 g/mol. The molecule has 7 rings (SSSR count). The molecule has 0 aliphatic heterocycles. The molecule has 0 spiro atoms. The van der Waals surface area contributed by atoms with E-state index < -0.39 is 0 Å². The summed E-state index contributed by atoms with van der Waals surface area (Å²) in [5.41, 5.74) is 8.64. The Balaban J connectivity index is 0.000000160. The van der Waals surface area contributed by atoms with Crippen molar-refractivity contribution in [3.8, 4) is 0 Å². The fraction of sp³-hybridized carbons (Fsp3) is 0.243. The van der Waals surface area contributed by atoms with Gasteiger partial charge in [0, 0.05) is 10.8 Å². The van der Waals surface area contributed by atoms with Crippen LogP contribution < -0.4 is 0 Å². The molecule has 0 heterocycles. The summed E-state index contributed by atoms with van der Waals surface area (Å²) in [7, 11) is 0. The van der Waals surface area contributed by atoms with Gasteiger partial charge in [-0.15, -0.1) is 46.7 Å². The van der Waals surface area contributed by atoms with Gasteiger partial charge in [0.25, 0.3) is 0 Å². The van der Waals surface area contributed by atoms with Crippen molar-refractivity contribution in [1.29, 1.82) is 0 Å². The van der Waals surface area contributed by atoms with Crippen LogP contribution in [0.15, 0.2) is 90.5 Å². The molecule has 0 aromatic heterocycles. The van der Waals surface area contributed by atoms with Crippen LogP contribution in [0.5, 0.6) is 0 Å². The predicted octanol–water partition coefficient (Wildman–Crippen LogP) is 9.65. The van der Waals surface area contributed by atoms with Gasteiger partial charge in [0.1, 0.15) is 0 Å². The molecule has 1 heteroatoms. The van der Waals surface area contributed by atoms with Gasteiger partial charge in [-0.1, -0.05) is 88.1 Å². The zero-order valence-corrected chi connectivity index (χ0v) is 25.9. The van der Waals surface area contributed by atoms with Crippen LogP contribution in [0.4, 0.5) is 0 Å². The number of fused-ring (bicyclic) bond motifs is 5. The van der Waals surface area contributed by atoms with Gasteiger partial charge in [-0.2, -0.15) is 6.08 Å². The number of allylic oxidation sites excluding steroid dienone is 6. The second-order valence-corrected chi connectivity index (χ2v) is 12.6. The molecule has 4 aromatic rings. The van der Waals surface area contributed by atoms with E-state index in [-0.39, 0.29) is 10.8 Å². The minimum absolute atomic E-state index is 0.152. The van der Waals surface area contributed by atoms with Crippen LogP contribution in [0.25, 0.3) is 33.7 Å². The van der Waals surface area contributed by atoms with E-state index in [4.69, 9.17) is 0 Å². The molecule has 0 nitrogen and oxygen atoms in total. The maximum atomic E-state index is 3.15. The van der Waals surface area contributed by atoms with Crippen molar-refractivity contribution in [2.75, 3.05) is 0 Å². The summed E-state index contributed by atoms with van der Waals surface area (Å²) in [6.07, 6.45) is 16.6. The average Bonchev–Trinajstić information content (AvgIpc) is 3.62. The van der Waals surface area contributed by atoms with Crippen LogP contribution in [0, 0.1) is 12.0 Å². The Hall–Kier alpha value is -2.76. The van der Waals surface area contributed by atoms with E-state index in [1.807, 2.05) is 12.1 Å². The average molecular weight is 572 g/mol. The normalized spacial score (nSPS) is 18.9. The van der Waals surface area contributed by atoms with Crippen molar-refractivity contribution < 1.29 is 24.2 Å². The fourth-order valence-corrected chi connectivity index (χ4v) is 6.08. The monoisotopic (exact) mass is 570 g/mol. The Kier molecular flexibility index (Phi) is 7.36. The molecule has 0 bridgehead atoms. The van der Waals surface area contributed by atoms with Gasteiger partial charge in [0.15, 0.2) is 0 Å². The predicted molar refractivity (Wildman–Crippen MR) is 164 cm³/mol. The molecule has 1 unspecified atom stereocenters. The van der Waals surface area contributed by atoms with Crippen molar-refractivity contribution in [3.05, 3.63) is 124 Å². The molecule has 3 aliphatic rings. The molecular formula is C37H36Zr. The van der Waals surface area contributed by atoms with E-state index in [1.165, 1.54) is 79.2 Å². The zero-order valence-electron chi connectivity index (χ0n) is 23.4. The van der Waals surface area contributed by atoms with Crippen LogP contribution in [-0.2, 0) is 35.1 Å². The Labute approximate surface area is 243 Å². The number of rotatable bonds is 1. The van der Waals surface area contributed by atoms with Gasteiger partial charge < -0.3 is 0 Å². The first-order valence-corrected chi connectivity index (χ1v) is 14.9. The summed E-state index contributed by atoms with van der Waals surface area (Å²) in [4.78, 5) is 0. The minimum atomic E-state index is 0.152. The molecule has 0 N–H and O–H groups in total. The van der Waals surface area contributed by atoms with Gasteiger partial charge in [-0.05, 0) is 11.1 Å². The fourth-order valence-electron chi connectivity index (χ4n) is 5.61. The molecule has 1 atom stereocenters. The van der Waals surface area contributed by atoms with E-state index >= 15 is 0 Å². The Bertz CT molecular complexity index is 1550. The van der Waals surface area contributed by atoms with Crippen molar-refractivity contribution >= 4 is 37.4 Å². The van der Waals surface area contributed by atoms with Crippen LogP contribution in [0.1, 0.15) is 69.4 Å². The van der Waals surface area contributed by atoms with Gasteiger partial charge in [-0.3, -0.25) is 6.08 Å². The van der Waals surface area contributed by atoms with Gasteiger partial charge >= 0.3 is 63.8 Å². The first-order valence-electron chi connectivity index (χ1n) is 13.5. The molecule has 0 amide bonds. The van der Waals surface area contributed by atoms with Gasteiger partial charge in [0.2, 0.25) is 0 Å². The van der Waals surface area contributed by atoms with E-state index in [2.05, 4.69) is 136 Å². The first-order chi connectivity index (χ1) is 18.1. The van der Waals surface area contributed by atoms with Crippen molar-refractivity contribution in [1.82, 2.24) is 0 Å². The SMILES string of the molecule is CC1(C)C=Cc2cc3c(cc21)[cH-]c1cc2c(cc13)C=CC2(C)C.CC1=CC(C)[C-]=C1.[Zr+2]=[CH]c1ccccc1. The Morgan fingerprint density at radius 2 is 1.34 bits per heavy atom. The molecule has 38 heavy (non-hydrogen) atoms. The molecule has 3 aliphatic carbocycles. The maximum absolute atomic E-state index is 3.15. The Morgan fingerprint density at radius 3 is 1.71 bits per heavy atom. The molecule has 4 aromatic carbocycles. The molecule has 0 saturated heterocycles. The molecule has 0 fully saturated rings. The zero-order chi connectivity index (χ0) is 27.1. The summed E-state index contributed by atoms with van der Waals surface area (Å²) in [5, 5.41) is 5.53. The third-order valence-electron chi connectivity index (χ3n) is 7.85. The topological polar surface area (TPSA) is 0 Å².